The number of anilines is 1. The molecule has 2 heterocycles. The van der Waals surface area contributed by atoms with Crippen LogP contribution in [0.4, 0.5) is 5.82 Å². The molecule has 0 radical (unpaired) electrons. The molecular weight excluding hydrogens is 358 g/mol. The summed E-state index contributed by atoms with van der Waals surface area (Å²) >= 11 is 3.35. The molecule has 1 unspecified atom stereocenters. The number of hydrogen-bond donors (Lipinski definition) is 2. The van der Waals surface area contributed by atoms with Gasteiger partial charge in [0, 0.05) is 22.3 Å². The summed E-state index contributed by atoms with van der Waals surface area (Å²) in [4.78, 5) is 13.0. The third kappa shape index (κ3) is 2.79. The van der Waals surface area contributed by atoms with E-state index in [1.54, 1.807) is 18.3 Å². The first-order chi connectivity index (χ1) is 10.9. The van der Waals surface area contributed by atoms with Crippen LogP contribution in [0.15, 0.2) is 40.5 Å². The lowest BCUT2D eigenvalue weighted by Crippen LogP contribution is -2.28. The van der Waals surface area contributed by atoms with Crippen LogP contribution in [0.3, 0.4) is 0 Å². The van der Waals surface area contributed by atoms with Crippen LogP contribution in [-0.2, 0) is 0 Å². The third-order valence-corrected chi connectivity index (χ3v) is 4.41. The van der Waals surface area contributed by atoms with Crippen molar-refractivity contribution in [1.82, 2.24) is 9.78 Å². The first kappa shape index (κ1) is 15.8. The number of benzene rings is 1. The minimum atomic E-state index is -0.200. The van der Waals surface area contributed by atoms with Crippen molar-refractivity contribution in [3.8, 4) is 5.75 Å². The second-order valence-corrected chi connectivity index (χ2v) is 6.95. The zero-order valence-corrected chi connectivity index (χ0v) is 14.8. The summed E-state index contributed by atoms with van der Waals surface area (Å²) in [7, 11) is 0. The first-order valence-corrected chi connectivity index (χ1v) is 8.23. The predicted octanol–water partition coefficient (Wildman–Crippen LogP) is 4.05. The summed E-state index contributed by atoms with van der Waals surface area (Å²) in [5.41, 5.74) is 1.76. The molecule has 2 aromatic rings. The second kappa shape index (κ2) is 5.85. The van der Waals surface area contributed by atoms with Gasteiger partial charge in [0.1, 0.15) is 11.6 Å². The van der Waals surface area contributed by atoms with Gasteiger partial charge in [-0.2, -0.15) is 5.10 Å². The highest BCUT2D eigenvalue weighted by Gasteiger charge is 2.32. The fourth-order valence-electron chi connectivity index (χ4n) is 2.89. The number of allylic oxidation sites excluding steroid dienone is 1. The fourth-order valence-corrected chi connectivity index (χ4v) is 3.25. The van der Waals surface area contributed by atoms with Gasteiger partial charge in [-0.05, 0) is 31.0 Å². The molecule has 6 heteroatoms. The number of phenols is 1. The third-order valence-electron chi connectivity index (χ3n) is 3.91. The van der Waals surface area contributed by atoms with Crippen LogP contribution in [-0.4, -0.2) is 20.7 Å². The summed E-state index contributed by atoms with van der Waals surface area (Å²) in [6, 6.07) is 6.63. The molecule has 0 bridgehead atoms. The Morgan fingerprint density at radius 3 is 2.83 bits per heavy atom. The van der Waals surface area contributed by atoms with Gasteiger partial charge in [0.15, 0.2) is 5.78 Å². The highest BCUT2D eigenvalue weighted by atomic mass is 79.9. The van der Waals surface area contributed by atoms with Gasteiger partial charge in [0.05, 0.1) is 17.3 Å². The van der Waals surface area contributed by atoms with Crippen molar-refractivity contribution in [3.05, 3.63) is 51.8 Å². The molecular formula is C17H18BrN3O2. The number of ketones is 1. The molecule has 1 aromatic heterocycles. The standard InChI is InChI=1S/C17H18BrN3O2/c1-9(2)16-13(8-19-15-6-10(3)20-21(15)16)17(23)12-7-11(18)4-5-14(12)22/h4-9,16,19,22H,1-3H3. The minimum absolute atomic E-state index is 0.0240. The quantitative estimate of drug-likeness (QED) is 0.794. The Bertz CT molecular complexity index is 808. The molecule has 0 aliphatic carbocycles. The minimum Gasteiger partial charge on any atom is -0.507 e. The Morgan fingerprint density at radius 2 is 2.13 bits per heavy atom. The molecule has 0 saturated carbocycles. The number of carbonyl (C=O) groups is 1. The summed E-state index contributed by atoms with van der Waals surface area (Å²) in [5, 5.41) is 17.7. The van der Waals surface area contributed by atoms with E-state index < -0.39 is 0 Å². The smallest absolute Gasteiger partial charge is 0.196 e. The Hall–Kier alpha value is -2.08. The summed E-state index contributed by atoms with van der Waals surface area (Å²) in [6.07, 6.45) is 1.73. The largest absolute Gasteiger partial charge is 0.507 e. The number of halogens is 1. The molecule has 1 atom stereocenters. The van der Waals surface area contributed by atoms with Crippen molar-refractivity contribution in [1.29, 1.82) is 0 Å². The van der Waals surface area contributed by atoms with Crippen LogP contribution in [0.5, 0.6) is 5.75 Å². The Labute approximate surface area is 143 Å². The number of nitrogens with zero attached hydrogens (tertiary/aromatic N) is 2. The number of rotatable bonds is 3. The van der Waals surface area contributed by atoms with Crippen LogP contribution in [0, 0.1) is 12.8 Å². The van der Waals surface area contributed by atoms with Gasteiger partial charge in [-0.25, -0.2) is 4.68 Å². The summed E-state index contributed by atoms with van der Waals surface area (Å²) < 4.78 is 2.60. The van der Waals surface area contributed by atoms with Crippen LogP contribution < -0.4 is 5.32 Å². The van der Waals surface area contributed by atoms with Crippen molar-refractivity contribution in [2.45, 2.75) is 26.8 Å². The number of aryl methyl sites for hydroxylation is 1. The number of carbonyl (C=O) groups excluding carboxylic acids is 1. The van der Waals surface area contributed by atoms with Crippen molar-refractivity contribution in [2.75, 3.05) is 5.32 Å². The predicted molar refractivity (Wildman–Crippen MR) is 92.7 cm³/mol. The van der Waals surface area contributed by atoms with E-state index in [1.165, 1.54) is 6.07 Å². The van der Waals surface area contributed by atoms with Gasteiger partial charge in [0.2, 0.25) is 0 Å². The number of aromatic nitrogens is 2. The van der Waals surface area contributed by atoms with E-state index in [9.17, 15) is 9.90 Å². The number of nitrogens with one attached hydrogen (secondary N) is 1. The molecule has 5 nitrogen and oxygen atoms in total. The molecule has 0 spiro atoms. The van der Waals surface area contributed by atoms with E-state index in [0.717, 1.165) is 16.0 Å². The maximum absolute atomic E-state index is 13.0. The van der Waals surface area contributed by atoms with Gasteiger partial charge >= 0.3 is 0 Å². The normalized spacial score (nSPS) is 16.7. The first-order valence-electron chi connectivity index (χ1n) is 7.44. The Kier molecular flexibility index (Phi) is 4.02. The zero-order valence-electron chi connectivity index (χ0n) is 13.2. The molecule has 1 aliphatic rings. The molecule has 0 amide bonds. The molecule has 1 aliphatic heterocycles. The van der Waals surface area contributed by atoms with Crippen LogP contribution >= 0.6 is 15.9 Å². The van der Waals surface area contributed by atoms with Gasteiger partial charge < -0.3 is 10.4 Å². The van der Waals surface area contributed by atoms with E-state index in [2.05, 4.69) is 40.2 Å². The lowest BCUT2D eigenvalue weighted by Gasteiger charge is -2.29. The molecule has 3 rings (SSSR count). The average molecular weight is 376 g/mol. The number of Topliss-reactive ketones (excluding diaryl/α,β-unsaturated/α-hetero) is 1. The van der Waals surface area contributed by atoms with Crippen molar-refractivity contribution >= 4 is 27.5 Å². The fraction of sp³-hybridized carbons (Fsp3) is 0.294. The molecule has 0 fully saturated rings. The maximum atomic E-state index is 13.0. The van der Waals surface area contributed by atoms with Crippen LogP contribution in [0.25, 0.3) is 0 Å². The summed E-state index contributed by atoms with van der Waals surface area (Å²) in [5.74, 6) is 0.828. The number of aromatic hydroxyl groups is 1. The van der Waals surface area contributed by atoms with E-state index >= 15 is 0 Å². The zero-order chi connectivity index (χ0) is 16.7. The van der Waals surface area contributed by atoms with Crippen LogP contribution in [0.1, 0.15) is 35.9 Å². The molecule has 23 heavy (non-hydrogen) atoms. The lowest BCUT2D eigenvalue weighted by atomic mass is 9.89. The Balaban J connectivity index is 2.06. The van der Waals surface area contributed by atoms with Gasteiger partial charge in [-0.15, -0.1) is 0 Å². The van der Waals surface area contributed by atoms with Crippen molar-refractivity contribution < 1.29 is 9.90 Å². The number of phenolic OH excluding ortho intramolecular Hbond substituents is 1. The SMILES string of the molecule is Cc1cc2n(n1)C(C(C)C)C(C(=O)c1cc(Br)ccc1O)=CN2. The van der Waals surface area contributed by atoms with Crippen LogP contribution in [0.2, 0.25) is 0 Å². The lowest BCUT2D eigenvalue weighted by molar-refractivity contribution is 0.101. The van der Waals surface area contributed by atoms with Crippen molar-refractivity contribution in [2.24, 2.45) is 5.92 Å². The second-order valence-electron chi connectivity index (χ2n) is 6.04. The van der Waals surface area contributed by atoms with Gasteiger partial charge in [-0.3, -0.25) is 4.79 Å². The Morgan fingerprint density at radius 1 is 1.39 bits per heavy atom. The highest BCUT2D eigenvalue weighted by molar-refractivity contribution is 9.10. The van der Waals surface area contributed by atoms with Gasteiger partial charge in [-0.1, -0.05) is 29.8 Å². The highest BCUT2D eigenvalue weighted by Crippen LogP contribution is 2.36. The van der Waals surface area contributed by atoms with Gasteiger partial charge in [0.25, 0.3) is 0 Å². The average Bonchev–Trinajstić information content (AvgIpc) is 2.87. The molecule has 120 valence electrons. The monoisotopic (exact) mass is 375 g/mol. The van der Waals surface area contributed by atoms with E-state index in [4.69, 9.17) is 0 Å². The topological polar surface area (TPSA) is 67.2 Å². The number of hydrogen-bond acceptors (Lipinski definition) is 4. The molecule has 2 N–H and O–H groups in total. The molecule has 0 saturated heterocycles. The number of fused-ring (bicyclic) bond motifs is 1. The van der Waals surface area contributed by atoms with E-state index in [-0.39, 0.29) is 29.1 Å². The molecule has 1 aromatic carbocycles. The van der Waals surface area contributed by atoms with E-state index in [1.807, 2.05) is 17.7 Å². The maximum Gasteiger partial charge on any atom is 0.196 e. The van der Waals surface area contributed by atoms with Crippen molar-refractivity contribution in [3.63, 3.8) is 0 Å². The summed E-state index contributed by atoms with van der Waals surface area (Å²) in [6.45, 7) is 6.03. The van der Waals surface area contributed by atoms with E-state index in [0.29, 0.717) is 5.57 Å².